The monoisotopic (exact) mass is 289 g/mol. The molecule has 0 aromatic carbocycles. The summed E-state index contributed by atoms with van der Waals surface area (Å²) in [5.41, 5.74) is 1.27. The van der Waals surface area contributed by atoms with E-state index in [2.05, 4.69) is 20.4 Å². The van der Waals surface area contributed by atoms with Gasteiger partial charge in [-0.05, 0) is 19.3 Å². The highest BCUT2D eigenvalue weighted by molar-refractivity contribution is 5.95. The molecule has 0 aliphatic heterocycles. The summed E-state index contributed by atoms with van der Waals surface area (Å²) in [4.78, 5) is 20.7. The average molecular weight is 289 g/mol. The first kappa shape index (κ1) is 13.9. The van der Waals surface area contributed by atoms with Gasteiger partial charge in [0.1, 0.15) is 6.33 Å². The van der Waals surface area contributed by atoms with Gasteiger partial charge < -0.3 is 10.4 Å². The zero-order valence-electron chi connectivity index (χ0n) is 12.0. The molecule has 1 saturated carbocycles. The third-order valence-corrected chi connectivity index (χ3v) is 4.03. The first-order valence-electron chi connectivity index (χ1n) is 7.37. The summed E-state index contributed by atoms with van der Waals surface area (Å²) >= 11 is 0. The van der Waals surface area contributed by atoms with Crippen LogP contribution < -0.4 is 5.32 Å². The fraction of sp³-hybridized carbons (Fsp3) is 0.571. The molecule has 0 spiro atoms. The molecule has 7 heteroatoms. The molecule has 1 aliphatic rings. The number of hydrogen-bond donors (Lipinski definition) is 2. The maximum atomic E-state index is 12.5. The van der Waals surface area contributed by atoms with Crippen molar-refractivity contribution in [3.8, 4) is 0 Å². The first-order chi connectivity index (χ1) is 10.2. The largest absolute Gasteiger partial charge is 0.391 e. The summed E-state index contributed by atoms with van der Waals surface area (Å²) in [5.74, 6) is 0.281. The molecule has 0 radical (unpaired) electrons. The van der Waals surface area contributed by atoms with E-state index in [1.54, 1.807) is 4.52 Å². The maximum Gasteiger partial charge on any atom is 0.255 e. The Balaban J connectivity index is 1.87. The molecule has 1 fully saturated rings. The molecule has 0 bridgehead atoms. The fourth-order valence-corrected chi connectivity index (χ4v) is 2.88. The van der Waals surface area contributed by atoms with Gasteiger partial charge in [-0.3, -0.25) is 4.79 Å². The van der Waals surface area contributed by atoms with Crippen LogP contribution in [0, 0.1) is 0 Å². The summed E-state index contributed by atoms with van der Waals surface area (Å²) in [6.45, 7) is 1.96. The minimum Gasteiger partial charge on any atom is -0.391 e. The zero-order chi connectivity index (χ0) is 14.8. The van der Waals surface area contributed by atoms with Gasteiger partial charge in [-0.1, -0.05) is 19.8 Å². The van der Waals surface area contributed by atoms with E-state index in [0.29, 0.717) is 17.8 Å². The van der Waals surface area contributed by atoms with Crippen LogP contribution in [0.1, 0.15) is 48.7 Å². The highest BCUT2D eigenvalue weighted by Gasteiger charge is 2.26. The van der Waals surface area contributed by atoms with Crippen molar-refractivity contribution in [2.45, 2.75) is 51.2 Å². The lowest BCUT2D eigenvalue weighted by Gasteiger charge is -2.28. The number of aryl methyl sites for hydroxylation is 1. The summed E-state index contributed by atoms with van der Waals surface area (Å²) in [7, 11) is 0. The van der Waals surface area contributed by atoms with E-state index in [0.717, 1.165) is 31.4 Å². The fourth-order valence-electron chi connectivity index (χ4n) is 2.88. The second-order valence-electron chi connectivity index (χ2n) is 5.38. The molecule has 7 nitrogen and oxygen atoms in total. The predicted octanol–water partition coefficient (Wildman–Crippen LogP) is 0.720. The topological polar surface area (TPSA) is 92.4 Å². The van der Waals surface area contributed by atoms with Crippen molar-refractivity contribution < 1.29 is 9.90 Å². The van der Waals surface area contributed by atoms with Crippen LogP contribution >= 0.6 is 0 Å². The molecule has 2 aromatic heterocycles. The van der Waals surface area contributed by atoms with Gasteiger partial charge >= 0.3 is 0 Å². The van der Waals surface area contributed by atoms with Crippen molar-refractivity contribution in [1.82, 2.24) is 24.9 Å². The third-order valence-electron chi connectivity index (χ3n) is 4.03. The van der Waals surface area contributed by atoms with Crippen LogP contribution in [0.15, 0.2) is 12.5 Å². The van der Waals surface area contributed by atoms with Gasteiger partial charge in [0.05, 0.1) is 23.4 Å². The molecule has 1 aliphatic carbocycles. The minimum absolute atomic E-state index is 0.178. The molecular formula is C14H19N5O2. The Labute approximate surface area is 122 Å². The number of rotatable bonds is 3. The highest BCUT2D eigenvalue weighted by Crippen LogP contribution is 2.19. The highest BCUT2D eigenvalue weighted by atomic mass is 16.3. The number of nitrogens with one attached hydrogen (secondary N) is 1. The molecule has 2 N–H and O–H groups in total. The number of nitrogens with zero attached hydrogens (tertiary/aromatic N) is 4. The Bertz CT molecular complexity index is 654. The molecule has 0 saturated heterocycles. The van der Waals surface area contributed by atoms with E-state index in [9.17, 15) is 9.90 Å². The van der Waals surface area contributed by atoms with Gasteiger partial charge in [-0.25, -0.2) is 9.50 Å². The zero-order valence-corrected chi connectivity index (χ0v) is 12.0. The number of hydrogen-bond acceptors (Lipinski definition) is 5. The quantitative estimate of drug-likeness (QED) is 0.868. The summed E-state index contributed by atoms with van der Waals surface area (Å²) in [6.07, 6.45) is 6.75. The molecule has 2 atom stereocenters. The Kier molecular flexibility index (Phi) is 3.83. The Morgan fingerprint density at radius 2 is 2.24 bits per heavy atom. The Morgan fingerprint density at radius 3 is 3.00 bits per heavy atom. The summed E-state index contributed by atoms with van der Waals surface area (Å²) < 4.78 is 1.59. The van der Waals surface area contributed by atoms with Crippen LogP contribution in [0.2, 0.25) is 0 Å². The molecule has 1 amide bonds. The van der Waals surface area contributed by atoms with Crippen LogP contribution in [0.25, 0.3) is 5.78 Å². The number of amides is 1. The number of carbonyl (C=O) groups excluding carboxylic acids is 1. The van der Waals surface area contributed by atoms with Crippen LogP contribution in [-0.2, 0) is 6.42 Å². The molecule has 2 heterocycles. The molecule has 21 heavy (non-hydrogen) atoms. The van der Waals surface area contributed by atoms with E-state index < -0.39 is 6.10 Å². The van der Waals surface area contributed by atoms with Crippen molar-refractivity contribution in [1.29, 1.82) is 0 Å². The average Bonchev–Trinajstić information content (AvgIpc) is 2.97. The van der Waals surface area contributed by atoms with Gasteiger partial charge in [0.15, 0.2) is 0 Å². The lowest BCUT2D eigenvalue weighted by Crippen LogP contribution is -2.45. The van der Waals surface area contributed by atoms with Crippen molar-refractivity contribution in [2.24, 2.45) is 0 Å². The molecule has 112 valence electrons. The lowest BCUT2D eigenvalue weighted by atomic mass is 9.92. The SMILES string of the molecule is CCc1c(C(=O)N[C@@H]2CCCC[C@H]2O)cnc2ncnn12. The summed E-state index contributed by atoms with van der Waals surface area (Å²) in [5, 5.41) is 17.0. The van der Waals surface area contributed by atoms with Gasteiger partial charge in [0.2, 0.25) is 0 Å². The van der Waals surface area contributed by atoms with Crippen LogP contribution in [-0.4, -0.2) is 42.7 Å². The van der Waals surface area contributed by atoms with E-state index in [4.69, 9.17) is 0 Å². The van der Waals surface area contributed by atoms with Crippen LogP contribution in [0.3, 0.4) is 0 Å². The number of aliphatic hydroxyl groups is 1. The van der Waals surface area contributed by atoms with Crippen molar-refractivity contribution in [3.63, 3.8) is 0 Å². The smallest absolute Gasteiger partial charge is 0.255 e. The van der Waals surface area contributed by atoms with Gasteiger partial charge in [-0.2, -0.15) is 10.1 Å². The van der Waals surface area contributed by atoms with Crippen molar-refractivity contribution >= 4 is 11.7 Å². The van der Waals surface area contributed by atoms with Gasteiger partial charge in [0, 0.05) is 6.20 Å². The first-order valence-corrected chi connectivity index (χ1v) is 7.37. The maximum absolute atomic E-state index is 12.5. The predicted molar refractivity (Wildman–Crippen MR) is 75.9 cm³/mol. The van der Waals surface area contributed by atoms with E-state index in [1.807, 2.05) is 6.92 Å². The summed E-state index contributed by atoms with van der Waals surface area (Å²) in [6, 6.07) is -0.178. The normalized spacial score (nSPS) is 22.4. The van der Waals surface area contributed by atoms with E-state index >= 15 is 0 Å². The standard InChI is InChI=1S/C14H19N5O2/c1-2-11-9(7-15-14-16-8-17-19(11)14)13(21)18-10-5-3-4-6-12(10)20/h7-8,10,12,20H,2-6H2,1H3,(H,18,21)/t10-,12-/m1/s1. The molecule has 2 aromatic rings. The molecule has 3 rings (SSSR count). The second kappa shape index (κ2) is 5.77. The van der Waals surface area contributed by atoms with Gasteiger partial charge in [-0.15, -0.1) is 0 Å². The van der Waals surface area contributed by atoms with Crippen LogP contribution in [0.4, 0.5) is 0 Å². The lowest BCUT2D eigenvalue weighted by molar-refractivity contribution is 0.0716. The number of aromatic nitrogens is 4. The van der Waals surface area contributed by atoms with Crippen LogP contribution in [0.5, 0.6) is 0 Å². The molecular weight excluding hydrogens is 270 g/mol. The van der Waals surface area contributed by atoms with Gasteiger partial charge in [0.25, 0.3) is 11.7 Å². The third kappa shape index (κ3) is 2.61. The van der Waals surface area contributed by atoms with E-state index in [-0.39, 0.29) is 11.9 Å². The van der Waals surface area contributed by atoms with Crippen molar-refractivity contribution in [2.75, 3.05) is 0 Å². The number of carbonyl (C=O) groups is 1. The second-order valence-corrected chi connectivity index (χ2v) is 5.38. The Morgan fingerprint density at radius 1 is 1.43 bits per heavy atom. The van der Waals surface area contributed by atoms with Crippen molar-refractivity contribution in [3.05, 3.63) is 23.8 Å². The number of aliphatic hydroxyl groups excluding tert-OH is 1. The number of fused-ring (bicyclic) bond motifs is 1. The Hall–Kier alpha value is -2.02. The van der Waals surface area contributed by atoms with E-state index in [1.165, 1.54) is 12.5 Å². The minimum atomic E-state index is -0.462. The molecule has 0 unspecified atom stereocenters.